The van der Waals surface area contributed by atoms with Gasteiger partial charge in [0, 0.05) is 13.6 Å². The van der Waals surface area contributed by atoms with Gasteiger partial charge in [0.2, 0.25) is 0 Å². The molecule has 1 aromatic rings. The molecule has 132 valence electrons. The Kier molecular flexibility index (Phi) is 7.62. The molecule has 0 saturated carbocycles. The second-order valence-electron chi connectivity index (χ2n) is 6.01. The van der Waals surface area contributed by atoms with Crippen molar-refractivity contribution in [2.45, 2.75) is 32.8 Å². The summed E-state index contributed by atoms with van der Waals surface area (Å²) in [5.41, 5.74) is 2.61. The Balaban J connectivity index is 1.69. The Labute approximate surface area is 145 Å². The quantitative estimate of drug-likeness (QED) is 0.458. The van der Waals surface area contributed by atoms with Crippen LogP contribution >= 0.6 is 0 Å². The van der Waals surface area contributed by atoms with Crippen molar-refractivity contribution in [1.29, 1.82) is 0 Å². The van der Waals surface area contributed by atoms with E-state index in [-0.39, 0.29) is 6.10 Å². The maximum absolute atomic E-state index is 5.97. The molecule has 0 spiro atoms. The molecular formula is C19H29N3O2. The fraction of sp³-hybridized carbons (Fsp3) is 0.526. The van der Waals surface area contributed by atoms with Crippen LogP contribution in [-0.2, 0) is 4.74 Å². The Bertz CT molecular complexity index is 569. The van der Waals surface area contributed by atoms with E-state index in [2.05, 4.69) is 41.6 Å². The molecule has 5 heteroatoms. The highest BCUT2D eigenvalue weighted by Crippen LogP contribution is 2.17. The number of nitrogens with one attached hydrogen (secondary N) is 2. The molecule has 1 unspecified atom stereocenters. The van der Waals surface area contributed by atoms with Crippen molar-refractivity contribution >= 4 is 5.96 Å². The van der Waals surface area contributed by atoms with Crippen LogP contribution in [0.4, 0.5) is 0 Å². The average molecular weight is 331 g/mol. The van der Waals surface area contributed by atoms with Crippen molar-refractivity contribution in [2.24, 2.45) is 4.99 Å². The Hall–Kier alpha value is -2.01. The van der Waals surface area contributed by atoms with Gasteiger partial charge < -0.3 is 20.1 Å². The number of guanidine groups is 1. The van der Waals surface area contributed by atoms with E-state index in [9.17, 15) is 0 Å². The van der Waals surface area contributed by atoms with Crippen LogP contribution in [0.25, 0.3) is 0 Å². The lowest BCUT2D eigenvalue weighted by atomic mass is 10.1. The molecule has 0 amide bonds. The largest absolute Gasteiger partial charge is 0.489 e. The van der Waals surface area contributed by atoms with Crippen molar-refractivity contribution < 1.29 is 9.47 Å². The molecule has 0 aliphatic carbocycles. The van der Waals surface area contributed by atoms with Gasteiger partial charge in [-0.15, -0.1) is 0 Å². The topological polar surface area (TPSA) is 54.9 Å². The first kappa shape index (κ1) is 18.3. The molecule has 5 nitrogen and oxygen atoms in total. The highest BCUT2D eigenvalue weighted by molar-refractivity contribution is 5.79. The van der Waals surface area contributed by atoms with E-state index in [0.29, 0.717) is 6.54 Å². The summed E-state index contributed by atoms with van der Waals surface area (Å²) >= 11 is 0. The molecule has 1 aliphatic rings. The summed E-state index contributed by atoms with van der Waals surface area (Å²) in [4.78, 5) is 4.26. The highest BCUT2D eigenvalue weighted by Gasteiger charge is 2.08. The van der Waals surface area contributed by atoms with Crippen molar-refractivity contribution in [2.75, 3.05) is 33.4 Å². The van der Waals surface area contributed by atoms with E-state index in [4.69, 9.17) is 9.47 Å². The van der Waals surface area contributed by atoms with E-state index in [1.54, 1.807) is 7.05 Å². The molecule has 2 N–H and O–H groups in total. The van der Waals surface area contributed by atoms with Gasteiger partial charge in [0.1, 0.15) is 11.9 Å². The average Bonchev–Trinajstić information content (AvgIpc) is 2.61. The van der Waals surface area contributed by atoms with Crippen molar-refractivity contribution in [3.8, 4) is 5.75 Å². The third-order valence-electron chi connectivity index (χ3n) is 4.00. The van der Waals surface area contributed by atoms with Gasteiger partial charge in [-0.05, 0) is 38.3 Å². The molecule has 0 aromatic heterocycles. The summed E-state index contributed by atoms with van der Waals surface area (Å²) in [6.07, 6.45) is 4.30. The number of hydrogen-bond donors (Lipinski definition) is 2. The predicted octanol–water partition coefficient (Wildman–Crippen LogP) is 2.66. The van der Waals surface area contributed by atoms with Gasteiger partial charge in [-0.2, -0.15) is 0 Å². The van der Waals surface area contributed by atoms with Crippen LogP contribution in [0.3, 0.4) is 0 Å². The first-order valence-corrected chi connectivity index (χ1v) is 8.61. The van der Waals surface area contributed by atoms with Gasteiger partial charge in [-0.25, -0.2) is 0 Å². The van der Waals surface area contributed by atoms with Crippen LogP contribution in [0.1, 0.15) is 25.3 Å². The number of benzene rings is 1. The first-order valence-electron chi connectivity index (χ1n) is 8.61. The summed E-state index contributed by atoms with van der Waals surface area (Å²) in [6, 6.07) is 8.07. The van der Waals surface area contributed by atoms with E-state index in [0.717, 1.165) is 49.9 Å². The summed E-state index contributed by atoms with van der Waals surface area (Å²) in [5.74, 6) is 1.74. The first-order chi connectivity index (χ1) is 11.7. The number of para-hydroxylation sites is 1. The van der Waals surface area contributed by atoms with Crippen molar-refractivity contribution in [3.63, 3.8) is 0 Å². The standard InChI is InChI=1S/C19H29N3O2/c1-15-6-4-5-7-18(15)24-16(2)14-22-19(20-3)21-11-8-17-9-12-23-13-10-17/h4-7,9,16H,8,10-14H2,1-3H3,(H2,20,21,22). The third-order valence-corrected chi connectivity index (χ3v) is 4.00. The van der Waals surface area contributed by atoms with Crippen molar-refractivity contribution in [1.82, 2.24) is 10.6 Å². The zero-order valence-electron chi connectivity index (χ0n) is 15.0. The highest BCUT2D eigenvalue weighted by atomic mass is 16.5. The molecule has 0 fully saturated rings. The number of aryl methyl sites for hydroxylation is 1. The van der Waals surface area contributed by atoms with Crippen LogP contribution in [0, 0.1) is 6.92 Å². The van der Waals surface area contributed by atoms with Crippen LogP contribution < -0.4 is 15.4 Å². The number of aliphatic imine (C=N–C) groups is 1. The fourth-order valence-electron chi connectivity index (χ4n) is 2.54. The number of ether oxygens (including phenoxy) is 2. The lowest BCUT2D eigenvalue weighted by Crippen LogP contribution is -2.42. The minimum absolute atomic E-state index is 0.0582. The Morgan fingerprint density at radius 2 is 2.17 bits per heavy atom. The lowest BCUT2D eigenvalue weighted by Gasteiger charge is -2.19. The van der Waals surface area contributed by atoms with Crippen molar-refractivity contribution in [3.05, 3.63) is 41.5 Å². The normalized spacial score (nSPS) is 16.3. The number of rotatable bonds is 7. The summed E-state index contributed by atoms with van der Waals surface area (Å²) < 4.78 is 11.3. The summed E-state index contributed by atoms with van der Waals surface area (Å²) in [7, 11) is 1.79. The van der Waals surface area contributed by atoms with Gasteiger partial charge >= 0.3 is 0 Å². The third kappa shape index (κ3) is 6.24. The van der Waals surface area contributed by atoms with Gasteiger partial charge in [-0.1, -0.05) is 29.8 Å². The molecule has 2 rings (SSSR count). The van der Waals surface area contributed by atoms with Crippen LogP contribution in [0.2, 0.25) is 0 Å². The Morgan fingerprint density at radius 3 is 2.88 bits per heavy atom. The van der Waals surface area contributed by atoms with E-state index in [1.807, 2.05) is 18.2 Å². The van der Waals surface area contributed by atoms with Crippen LogP contribution in [-0.4, -0.2) is 45.4 Å². The fourth-order valence-corrected chi connectivity index (χ4v) is 2.54. The second-order valence-corrected chi connectivity index (χ2v) is 6.01. The summed E-state index contributed by atoms with van der Waals surface area (Å²) in [5, 5.41) is 6.67. The van der Waals surface area contributed by atoms with Crippen LogP contribution in [0.5, 0.6) is 5.75 Å². The lowest BCUT2D eigenvalue weighted by molar-refractivity contribution is 0.153. The van der Waals surface area contributed by atoms with Gasteiger partial charge in [-0.3, -0.25) is 4.99 Å². The van der Waals surface area contributed by atoms with E-state index >= 15 is 0 Å². The van der Waals surface area contributed by atoms with Gasteiger partial charge in [0.25, 0.3) is 0 Å². The minimum Gasteiger partial charge on any atom is -0.489 e. The molecular weight excluding hydrogens is 302 g/mol. The zero-order valence-corrected chi connectivity index (χ0v) is 15.0. The smallest absolute Gasteiger partial charge is 0.191 e. The SMILES string of the molecule is CN=C(NCCC1=CCOCC1)NCC(C)Oc1ccccc1C. The molecule has 0 bridgehead atoms. The molecule has 0 radical (unpaired) electrons. The van der Waals surface area contributed by atoms with Crippen LogP contribution in [0.15, 0.2) is 40.9 Å². The number of nitrogens with zero attached hydrogens (tertiary/aromatic N) is 1. The molecule has 1 aromatic carbocycles. The molecule has 1 aliphatic heterocycles. The maximum atomic E-state index is 5.97. The van der Waals surface area contributed by atoms with Gasteiger partial charge in [0.05, 0.1) is 19.8 Å². The Morgan fingerprint density at radius 1 is 1.33 bits per heavy atom. The second kappa shape index (κ2) is 9.98. The molecule has 0 saturated heterocycles. The van der Waals surface area contributed by atoms with E-state index < -0.39 is 0 Å². The maximum Gasteiger partial charge on any atom is 0.191 e. The zero-order chi connectivity index (χ0) is 17.2. The monoisotopic (exact) mass is 331 g/mol. The van der Waals surface area contributed by atoms with E-state index in [1.165, 1.54) is 5.57 Å². The predicted molar refractivity (Wildman–Crippen MR) is 98.8 cm³/mol. The summed E-state index contributed by atoms with van der Waals surface area (Å²) in [6.45, 7) is 7.27. The molecule has 1 heterocycles. The minimum atomic E-state index is 0.0582. The number of hydrogen-bond acceptors (Lipinski definition) is 3. The molecule has 24 heavy (non-hydrogen) atoms. The molecule has 1 atom stereocenters. The van der Waals surface area contributed by atoms with Gasteiger partial charge in [0.15, 0.2) is 5.96 Å².